The van der Waals surface area contributed by atoms with Gasteiger partial charge in [0, 0.05) is 12.4 Å². The Labute approximate surface area is 143 Å². The highest BCUT2D eigenvalue weighted by molar-refractivity contribution is 6.17. The molecule has 0 amide bonds. The first-order chi connectivity index (χ1) is 11.2. The molecule has 0 radical (unpaired) electrons. The van der Waals surface area contributed by atoms with E-state index in [1.165, 1.54) is 29.5 Å². The van der Waals surface area contributed by atoms with Crippen molar-refractivity contribution in [3.8, 4) is 0 Å². The van der Waals surface area contributed by atoms with Crippen molar-refractivity contribution in [1.29, 1.82) is 0 Å². The monoisotopic (exact) mass is 331 g/mol. The van der Waals surface area contributed by atoms with E-state index in [-0.39, 0.29) is 5.82 Å². The van der Waals surface area contributed by atoms with Gasteiger partial charge in [-0.3, -0.25) is 4.90 Å². The molecule has 0 aliphatic carbocycles. The quantitative estimate of drug-likeness (QED) is 0.695. The van der Waals surface area contributed by atoms with Gasteiger partial charge in [-0.05, 0) is 67.1 Å². The summed E-state index contributed by atoms with van der Waals surface area (Å²) in [6.45, 7) is 3.30. The largest absolute Gasteiger partial charge is 0.299 e. The van der Waals surface area contributed by atoms with Crippen molar-refractivity contribution >= 4 is 11.6 Å². The van der Waals surface area contributed by atoms with E-state index < -0.39 is 0 Å². The number of nitrogens with zero attached hydrogens (tertiary/aromatic N) is 1. The molecule has 1 aliphatic rings. The van der Waals surface area contributed by atoms with Crippen LogP contribution in [0.2, 0.25) is 0 Å². The third kappa shape index (κ3) is 4.79. The average molecular weight is 332 g/mol. The maximum atomic E-state index is 13.0. The highest BCUT2D eigenvalue weighted by Crippen LogP contribution is 2.23. The molecular weight excluding hydrogens is 309 g/mol. The van der Waals surface area contributed by atoms with Crippen LogP contribution in [-0.2, 0) is 18.8 Å². The van der Waals surface area contributed by atoms with Crippen LogP contribution in [0.4, 0.5) is 4.39 Å². The van der Waals surface area contributed by atoms with Gasteiger partial charge in [0.05, 0.1) is 0 Å². The van der Waals surface area contributed by atoms with Crippen molar-refractivity contribution in [1.82, 2.24) is 4.90 Å². The van der Waals surface area contributed by atoms with Crippen LogP contribution in [-0.4, -0.2) is 18.0 Å². The summed E-state index contributed by atoms with van der Waals surface area (Å²) in [5.74, 6) is 1.15. The van der Waals surface area contributed by atoms with Gasteiger partial charge in [-0.1, -0.05) is 36.4 Å². The fourth-order valence-electron chi connectivity index (χ4n) is 3.29. The first-order valence-electron chi connectivity index (χ1n) is 8.33. The van der Waals surface area contributed by atoms with Crippen LogP contribution in [0.1, 0.15) is 29.5 Å². The van der Waals surface area contributed by atoms with Gasteiger partial charge in [-0.2, -0.15) is 0 Å². The molecule has 1 nitrogen and oxygen atoms in total. The van der Waals surface area contributed by atoms with Crippen molar-refractivity contribution in [3.63, 3.8) is 0 Å². The van der Waals surface area contributed by atoms with Gasteiger partial charge in [0.2, 0.25) is 0 Å². The summed E-state index contributed by atoms with van der Waals surface area (Å²) in [4.78, 5) is 2.52. The summed E-state index contributed by atoms with van der Waals surface area (Å²) >= 11 is 5.83. The molecular formula is C20H23ClFN. The molecule has 0 saturated carbocycles. The summed E-state index contributed by atoms with van der Waals surface area (Å²) in [6.07, 6.45) is 3.51. The lowest BCUT2D eigenvalue weighted by molar-refractivity contribution is 0.177. The Morgan fingerprint density at radius 1 is 0.870 bits per heavy atom. The Hall–Kier alpha value is -1.38. The number of alkyl halides is 1. The van der Waals surface area contributed by atoms with Crippen LogP contribution in [0.25, 0.3) is 0 Å². The van der Waals surface area contributed by atoms with Crippen LogP contribution in [0.3, 0.4) is 0 Å². The summed E-state index contributed by atoms with van der Waals surface area (Å²) in [5.41, 5.74) is 3.78. The second-order valence-electron chi connectivity index (χ2n) is 6.50. The smallest absolute Gasteiger partial charge is 0.123 e. The number of piperidine rings is 1. The van der Waals surface area contributed by atoms with Gasteiger partial charge in [0.1, 0.15) is 5.82 Å². The Morgan fingerprint density at radius 3 is 2.04 bits per heavy atom. The maximum Gasteiger partial charge on any atom is 0.123 e. The highest BCUT2D eigenvalue weighted by Gasteiger charge is 2.19. The van der Waals surface area contributed by atoms with Gasteiger partial charge in [-0.25, -0.2) is 4.39 Å². The number of hydrogen-bond donors (Lipinski definition) is 0. The Bertz CT molecular complexity index is 601. The Morgan fingerprint density at radius 2 is 1.43 bits per heavy atom. The molecule has 0 aromatic heterocycles. The number of rotatable bonds is 5. The van der Waals surface area contributed by atoms with Crippen LogP contribution in [0.5, 0.6) is 0 Å². The fourth-order valence-corrected chi connectivity index (χ4v) is 3.47. The normalized spacial score (nSPS) is 16.6. The van der Waals surface area contributed by atoms with Crippen molar-refractivity contribution in [3.05, 3.63) is 71.0 Å². The number of hydrogen-bond acceptors (Lipinski definition) is 1. The van der Waals surface area contributed by atoms with E-state index >= 15 is 0 Å². The van der Waals surface area contributed by atoms with E-state index in [1.807, 2.05) is 12.1 Å². The minimum Gasteiger partial charge on any atom is -0.299 e. The summed E-state index contributed by atoms with van der Waals surface area (Å²) in [5, 5.41) is 0. The maximum absolute atomic E-state index is 13.0. The van der Waals surface area contributed by atoms with Crippen LogP contribution in [0, 0.1) is 11.7 Å². The molecule has 2 aromatic rings. The van der Waals surface area contributed by atoms with Crippen LogP contribution >= 0.6 is 11.6 Å². The van der Waals surface area contributed by atoms with E-state index in [0.717, 1.165) is 32.0 Å². The molecule has 1 saturated heterocycles. The molecule has 122 valence electrons. The molecule has 0 N–H and O–H groups in total. The third-order valence-electron chi connectivity index (χ3n) is 4.73. The second kappa shape index (κ2) is 7.94. The predicted octanol–water partition coefficient (Wildman–Crippen LogP) is 5.02. The van der Waals surface area contributed by atoms with Gasteiger partial charge >= 0.3 is 0 Å². The molecule has 0 bridgehead atoms. The van der Waals surface area contributed by atoms with Crippen molar-refractivity contribution in [2.75, 3.05) is 13.1 Å². The lowest BCUT2D eigenvalue weighted by atomic mass is 9.90. The molecule has 0 unspecified atom stereocenters. The minimum atomic E-state index is -0.149. The average Bonchev–Trinajstić information content (AvgIpc) is 2.59. The number of likely N-dealkylation sites (tertiary alicyclic amines) is 1. The summed E-state index contributed by atoms with van der Waals surface area (Å²) in [7, 11) is 0. The lowest BCUT2D eigenvalue weighted by Gasteiger charge is -2.32. The first-order valence-corrected chi connectivity index (χ1v) is 8.87. The topological polar surface area (TPSA) is 3.24 Å². The van der Waals surface area contributed by atoms with Crippen molar-refractivity contribution in [2.24, 2.45) is 5.92 Å². The van der Waals surface area contributed by atoms with Gasteiger partial charge in [-0.15, -0.1) is 11.6 Å². The van der Waals surface area contributed by atoms with Crippen LogP contribution in [0.15, 0.2) is 48.5 Å². The van der Waals surface area contributed by atoms with E-state index in [1.54, 1.807) is 12.1 Å². The number of benzene rings is 2. The zero-order chi connectivity index (χ0) is 16.1. The highest BCUT2D eigenvalue weighted by atomic mass is 35.5. The minimum absolute atomic E-state index is 0.149. The molecule has 2 aromatic carbocycles. The molecule has 1 aliphatic heterocycles. The molecule has 23 heavy (non-hydrogen) atoms. The molecule has 0 spiro atoms. The van der Waals surface area contributed by atoms with Crippen molar-refractivity contribution in [2.45, 2.75) is 31.7 Å². The second-order valence-corrected chi connectivity index (χ2v) is 6.77. The molecule has 1 heterocycles. The zero-order valence-corrected chi connectivity index (χ0v) is 14.1. The SMILES string of the molecule is Fc1ccc(CC2CCN(Cc3ccc(CCl)cc3)CC2)cc1. The van der Waals surface area contributed by atoms with Crippen molar-refractivity contribution < 1.29 is 4.39 Å². The first kappa shape index (κ1) is 16.5. The summed E-state index contributed by atoms with van der Waals surface area (Å²) < 4.78 is 13.0. The van der Waals surface area contributed by atoms with E-state index in [4.69, 9.17) is 11.6 Å². The fraction of sp³-hybridized carbons (Fsp3) is 0.400. The molecule has 1 fully saturated rings. The van der Waals surface area contributed by atoms with Crippen LogP contribution < -0.4 is 0 Å². The van der Waals surface area contributed by atoms with E-state index in [9.17, 15) is 4.39 Å². The predicted molar refractivity (Wildman–Crippen MR) is 94.1 cm³/mol. The van der Waals surface area contributed by atoms with E-state index in [2.05, 4.69) is 29.2 Å². The zero-order valence-electron chi connectivity index (χ0n) is 13.3. The molecule has 3 heteroatoms. The Balaban J connectivity index is 1.47. The number of halogens is 2. The van der Waals surface area contributed by atoms with Gasteiger partial charge in [0.25, 0.3) is 0 Å². The van der Waals surface area contributed by atoms with Gasteiger partial charge in [0.15, 0.2) is 0 Å². The molecule has 3 rings (SSSR count). The third-order valence-corrected chi connectivity index (χ3v) is 5.04. The lowest BCUT2D eigenvalue weighted by Crippen LogP contribution is -2.33. The molecule has 0 atom stereocenters. The van der Waals surface area contributed by atoms with E-state index in [0.29, 0.717) is 5.88 Å². The summed E-state index contributed by atoms with van der Waals surface area (Å²) in [6, 6.07) is 15.6. The standard InChI is InChI=1S/C20H23ClFN/c21-14-18-1-3-19(4-2-18)15-23-11-9-17(10-12-23)13-16-5-7-20(22)8-6-16/h1-8,17H,9-15H2. The Kier molecular flexibility index (Phi) is 5.69. The van der Waals surface area contributed by atoms with Gasteiger partial charge < -0.3 is 0 Å².